The summed E-state index contributed by atoms with van der Waals surface area (Å²) in [6.07, 6.45) is 3.22. The molecule has 1 atom stereocenters. The van der Waals surface area contributed by atoms with E-state index in [9.17, 15) is 17.6 Å². The molecule has 3 N–H and O–H groups in total. The van der Waals surface area contributed by atoms with Gasteiger partial charge in [0, 0.05) is 31.5 Å². The SMILES string of the molecule is NS(=O)(=O)c1ccc(C(=O)N[C@@H]2CCN(c3nccnc3F)C2)o1. The van der Waals surface area contributed by atoms with E-state index < -0.39 is 27.0 Å². The number of sulfonamides is 1. The van der Waals surface area contributed by atoms with Gasteiger partial charge in [-0.2, -0.15) is 4.39 Å². The normalized spacial score (nSPS) is 17.9. The highest BCUT2D eigenvalue weighted by atomic mass is 32.2. The van der Waals surface area contributed by atoms with Crippen LogP contribution in [0.4, 0.5) is 10.2 Å². The summed E-state index contributed by atoms with van der Waals surface area (Å²) in [6.45, 7) is 0.852. The summed E-state index contributed by atoms with van der Waals surface area (Å²) in [7, 11) is -4.00. The summed E-state index contributed by atoms with van der Waals surface area (Å²) < 4.78 is 40.8. The summed E-state index contributed by atoms with van der Waals surface area (Å²) in [5.41, 5.74) is 0. The fourth-order valence-corrected chi connectivity index (χ4v) is 2.91. The van der Waals surface area contributed by atoms with Crippen LogP contribution in [0, 0.1) is 5.95 Å². The van der Waals surface area contributed by atoms with Crippen LogP contribution in [0.25, 0.3) is 0 Å². The third-order valence-corrected chi connectivity index (χ3v) is 4.32. The molecular formula is C13H14FN5O4S. The number of hydrogen-bond acceptors (Lipinski definition) is 7. The Balaban J connectivity index is 1.64. The summed E-state index contributed by atoms with van der Waals surface area (Å²) in [4.78, 5) is 21.2. The molecule has 128 valence electrons. The predicted molar refractivity (Wildman–Crippen MR) is 80.2 cm³/mol. The van der Waals surface area contributed by atoms with Crippen LogP contribution in [0.15, 0.2) is 34.0 Å². The number of carbonyl (C=O) groups excluding carboxylic acids is 1. The van der Waals surface area contributed by atoms with Gasteiger partial charge in [-0.1, -0.05) is 0 Å². The number of carbonyl (C=O) groups is 1. The summed E-state index contributed by atoms with van der Waals surface area (Å²) in [5.74, 6) is -1.28. The van der Waals surface area contributed by atoms with Crippen molar-refractivity contribution >= 4 is 21.7 Å². The number of furan rings is 1. The van der Waals surface area contributed by atoms with E-state index in [-0.39, 0.29) is 17.6 Å². The molecule has 1 aliphatic heterocycles. The minimum absolute atomic E-state index is 0.128. The lowest BCUT2D eigenvalue weighted by molar-refractivity contribution is 0.0907. The van der Waals surface area contributed by atoms with E-state index >= 15 is 0 Å². The Kier molecular flexibility index (Phi) is 4.20. The Bertz CT molecular complexity index is 869. The number of nitrogens with one attached hydrogen (secondary N) is 1. The topological polar surface area (TPSA) is 131 Å². The highest BCUT2D eigenvalue weighted by Gasteiger charge is 2.28. The quantitative estimate of drug-likeness (QED) is 0.780. The predicted octanol–water partition coefficient (Wildman–Crippen LogP) is -0.135. The lowest BCUT2D eigenvalue weighted by Crippen LogP contribution is -2.37. The number of primary sulfonamides is 1. The molecular weight excluding hydrogens is 341 g/mol. The molecule has 24 heavy (non-hydrogen) atoms. The Morgan fingerprint density at radius 1 is 1.38 bits per heavy atom. The molecule has 1 amide bonds. The van der Waals surface area contributed by atoms with Gasteiger partial charge in [0.05, 0.1) is 0 Å². The van der Waals surface area contributed by atoms with E-state index in [4.69, 9.17) is 9.56 Å². The molecule has 3 heterocycles. The molecule has 0 saturated carbocycles. The monoisotopic (exact) mass is 355 g/mol. The second-order valence-corrected chi connectivity index (χ2v) is 6.73. The van der Waals surface area contributed by atoms with Crippen molar-refractivity contribution in [2.24, 2.45) is 5.14 Å². The van der Waals surface area contributed by atoms with Crippen LogP contribution in [-0.2, 0) is 10.0 Å². The minimum atomic E-state index is -4.00. The van der Waals surface area contributed by atoms with Gasteiger partial charge in [0.2, 0.25) is 5.09 Å². The van der Waals surface area contributed by atoms with Gasteiger partial charge in [-0.15, -0.1) is 0 Å². The summed E-state index contributed by atoms with van der Waals surface area (Å²) in [5, 5.41) is 7.14. The highest BCUT2D eigenvalue weighted by molar-refractivity contribution is 7.89. The summed E-state index contributed by atoms with van der Waals surface area (Å²) in [6, 6.07) is 2.08. The third kappa shape index (κ3) is 3.36. The zero-order valence-electron chi connectivity index (χ0n) is 12.3. The molecule has 0 radical (unpaired) electrons. The fourth-order valence-electron chi connectivity index (χ4n) is 2.45. The van der Waals surface area contributed by atoms with Gasteiger partial charge in [0.1, 0.15) is 0 Å². The van der Waals surface area contributed by atoms with Gasteiger partial charge < -0.3 is 14.6 Å². The Morgan fingerprint density at radius 3 is 2.79 bits per heavy atom. The van der Waals surface area contributed by atoms with Crippen molar-refractivity contribution in [1.29, 1.82) is 0 Å². The van der Waals surface area contributed by atoms with E-state index in [0.29, 0.717) is 19.5 Å². The Morgan fingerprint density at radius 2 is 2.12 bits per heavy atom. The first kappa shape index (κ1) is 16.3. The molecule has 1 fully saturated rings. The lowest BCUT2D eigenvalue weighted by Gasteiger charge is -2.17. The molecule has 11 heteroatoms. The van der Waals surface area contributed by atoms with Gasteiger partial charge in [-0.25, -0.2) is 23.5 Å². The lowest BCUT2D eigenvalue weighted by atomic mass is 10.2. The first-order valence-corrected chi connectivity index (χ1v) is 8.54. The summed E-state index contributed by atoms with van der Waals surface area (Å²) >= 11 is 0. The van der Waals surface area contributed by atoms with Crippen molar-refractivity contribution in [3.63, 3.8) is 0 Å². The van der Waals surface area contributed by atoms with Crippen LogP contribution >= 0.6 is 0 Å². The fraction of sp³-hybridized carbons (Fsp3) is 0.308. The second kappa shape index (κ2) is 6.17. The van der Waals surface area contributed by atoms with Crippen molar-refractivity contribution in [2.45, 2.75) is 17.6 Å². The number of aromatic nitrogens is 2. The molecule has 1 saturated heterocycles. The molecule has 9 nitrogen and oxygen atoms in total. The highest BCUT2D eigenvalue weighted by Crippen LogP contribution is 2.20. The molecule has 0 aliphatic carbocycles. The van der Waals surface area contributed by atoms with E-state index in [1.807, 2.05) is 0 Å². The van der Waals surface area contributed by atoms with E-state index in [0.717, 1.165) is 6.07 Å². The van der Waals surface area contributed by atoms with Crippen molar-refractivity contribution in [2.75, 3.05) is 18.0 Å². The minimum Gasteiger partial charge on any atom is -0.438 e. The van der Waals surface area contributed by atoms with Crippen molar-refractivity contribution in [3.05, 3.63) is 36.2 Å². The standard InChI is InChI=1S/C13H14FN5O4S/c14-11-12(17-5-4-16-11)19-6-3-8(7-19)18-13(20)9-1-2-10(23-9)24(15,21)22/h1-2,4-5,8H,3,6-7H2,(H,18,20)(H2,15,21,22)/t8-/m1/s1. The van der Waals surface area contributed by atoms with E-state index in [1.54, 1.807) is 4.90 Å². The number of nitrogens with two attached hydrogens (primary N) is 1. The van der Waals surface area contributed by atoms with Crippen LogP contribution in [0.1, 0.15) is 17.0 Å². The molecule has 0 spiro atoms. The van der Waals surface area contributed by atoms with Gasteiger partial charge in [-0.3, -0.25) is 4.79 Å². The third-order valence-electron chi connectivity index (χ3n) is 3.54. The largest absolute Gasteiger partial charge is 0.438 e. The zero-order chi connectivity index (χ0) is 17.3. The van der Waals surface area contributed by atoms with Crippen LogP contribution in [0.2, 0.25) is 0 Å². The van der Waals surface area contributed by atoms with Gasteiger partial charge in [0.25, 0.3) is 21.9 Å². The molecule has 1 aliphatic rings. The van der Waals surface area contributed by atoms with Gasteiger partial charge in [0.15, 0.2) is 11.6 Å². The number of halogens is 1. The first-order valence-electron chi connectivity index (χ1n) is 6.99. The maximum absolute atomic E-state index is 13.6. The maximum Gasteiger partial charge on any atom is 0.287 e. The smallest absolute Gasteiger partial charge is 0.287 e. The maximum atomic E-state index is 13.6. The van der Waals surface area contributed by atoms with E-state index in [1.165, 1.54) is 18.5 Å². The number of nitrogens with zero attached hydrogens (tertiary/aromatic N) is 3. The second-order valence-electron chi connectivity index (χ2n) is 5.24. The van der Waals surface area contributed by atoms with Crippen LogP contribution in [0.3, 0.4) is 0 Å². The van der Waals surface area contributed by atoms with Gasteiger partial charge >= 0.3 is 0 Å². The van der Waals surface area contributed by atoms with Crippen molar-refractivity contribution < 1.29 is 22.0 Å². The number of hydrogen-bond donors (Lipinski definition) is 2. The molecule has 3 rings (SSSR count). The zero-order valence-corrected chi connectivity index (χ0v) is 13.2. The Hall–Kier alpha value is -2.53. The van der Waals surface area contributed by atoms with Crippen LogP contribution < -0.4 is 15.4 Å². The van der Waals surface area contributed by atoms with E-state index in [2.05, 4.69) is 15.3 Å². The number of anilines is 1. The van der Waals surface area contributed by atoms with Crippen LogP contribution in [-0.4, -0.2) is 43.4 Å². The average molecular weight is 355 g/mol. The van der Waals surface area contributed by atoms with Gasteiger partial charge in [-0.05, 0) is 18.6 Å². The average Bonchev–Trinajstić information content (AvgIpc) is 3.16. The molecule has 2 aromatic heterocycles. The van der Waals surface area contributed by atoms with Crippen LogP contribution in [0.5, 0.6) is 0 Å². The molecule has 0 bridgehead atoms. The first-order chi connectivity index (χ1) is 11.3. The van der Waals surface area contributed by atoms with Crippen molar-refractivity contribution in [1.82, 2.24) is 15.3 Å². The number of rotatable bonds is 4. The van der Waals surface area contributed by atoms with Crippen molar-refractivity contribution in [3.8, 4) is 0 Å². The molecule has 0 aromatic carbocycles. The number of amides is 1. The molecule has 2 aromatic rings. The Labute approximate surface area is 136 Å². The molecule has 0 unspecified atom stereocenters.